The van der Waals surface area contributed by atoms with E-state index >= 15 is 0 Å². The fourth-order valence-corrected chi connectivity index (χ4v) is 8.11. The second kappa shape index (κ2) is 12.4. The van der Waals surface area contributed by atoms with E-state index in [9.17, 15) is 9.59 Å². The number of rotatable bonds is 10. The lowest BCUT2D eigenvalue weighted by Gasteiger charge is -2.19. The number of methoxy groups -OCH3 is 2. The molecule has 0 N–H and O–H groups in total. The van der Waals surface area contributed by atoms with Crippen LogP contribution in [-0.4, -0.2) is 29.6 Å². The van der Waals surface area contributed by atoms with Crippen LogP contribution in [0.2, 0.25) is 0 Å². The zero-order valence-corrected chi connectivity index (χ0v) is 26.4. The predicted molar refractivity (Wildman–Crippen MR) is 174 cm³/mol. The van der Waals surface area contributed by atoms with E-state index in [0.717, 1.165) is 57.3 Å². The van der Waals surface area contributed by atoms with Crippen LogP contribution in [-0.2, 0) is 25.8 Å². The number of nitrogens with zero attached hydrogens (tertiary/aromatic N) is 2. The topological polar surface area (TPSA) is 70.4 Å². The summed E-state index contributed by atoms with van der Waals surface area (Å²) in [6.07, 6.45) is 3.56. The SMILES string of the molecule is COc1ccc(CCn2c(SC(C(=O)c3ccc(C)cc3)c3ccc(C)cc3)nc3sc4c(c3c2=O)CCC4)cc1OC. The van der Waals surface area contributed by atoms with E-state index in [4.69, 9.17) is 14.5 Å². The van der Waals surface area contributed by atoms with Crippen molar-refractivity contribution in [2.24, 2.45) is 0 Å². The van der Waals surface area contributed by atoms with Gasteiger partial charge in [-0.15, -0.1) is 11.3 Å². The van der Waals surface area contributed by atoms with Gasteiger partial charge in [0, 0.05) is 17.0 Å². The molecule has 1 unspecified atom stereocenters. The number of thiophene rings is 1. The standard InChI is InChI=1S/C35H34N2O4S2/c1-21-8-13-24(14-9-21)31(38)32(25-15-10-22(2)11-16-25)43-35-36-33-30(26-6-5-7-29(26)42-33)34(39)37(35)19-18-23-12-17-27(40-3)28(20-23)41-4/h8-17,20,32H,5-7,18-19H2,1-4H3. The van der Waals surface area contributed by atoms with Crippen LogP contribution in [0.5, 0.6) is 11.5 Å². The van der Waals surface area contributed by atoms with Gasteiger partial charge in [-0.3, -0.25) is 14.2 Å². The number of thioether (sulfide) groups is 1. The van der Waals surface area contributed by atoms with E-state index in [1.165, 1.54) is 16.6 Å². The number of aromatic nitrogens is 2. The Morgan fingerprint density at radius 2 is 1.65 bits per heavy atom. The van der Waals surface area contributed by atoms with E-state index in [0.29, 0.717) is 35.2 Å². The van der Waals surface area contributed by atoms with Gasteiger partial charge in [0.2, 0.25) is 0 Å². The van der Waals surface area contributed by atoms with Crippen LogP contribution >= 0.6 is 23.1 Å². The maximum atomic E-state index is 14.2. The first-order valence-electron chi connectivity index (χ1n) is 14.5. The molecule has 1 aliphatic carbocycles. The normalized spacial score (nSPS) is 13.2. The molecule has 2 heterocycles. The number of fused-ring (bicyclic) bond motifs is 3. The maximum absolute atomic E-state index is 14.2. The van der Waals surface area contributed by atoms with Crippen molar-refractivity contribution in [3.05, 3.63) is 115 Å². The average Bonchev–Trinajstić information content (AvgIpc) is 3.61. The van der Waals surface area contributed by atoms with Gasteiger partial charge < -0.3 is 9.47 Å². The molecule has 0 radical (unpaired) electrons. The molecule has 3 aromatic carbocycles. The second-order valence-electron chi connectivity index (χ2n) is 11.0. The summed E-state index contributed by atoms with van der Waals surface area (Å²) < 4.78 is 12.7. The van der Waals surface area contributed by atoms with Gasteiger partial charge in [0.25, 0.3) is 5.56 Å². The smallest absolute Gasteiger partial charge is 0.263 e. The van der Waals surface area contributed by atoms with Crippen molar-refractivity contribution >= 4 is 39.1 Å². The Morgan fingerprint density at radius 1 is 0.953 bits per heavy atom. The molecule has 0 saturated heterocycles. The zero-order valence-electron chi connectivity index (χ0n) is 24.8. The molecule has 0 bridgehead atoms. The summed E-state index contributed by atoms with van der Waals surface area (Å²) in [5.41, 5.74) is 5.88. The number of ether oxygens (including phenoxy) is 2. The van der Waals surface area contributed by atoms with Crippen molar-refractivity contribution in [1.82, 2.24) is 9.55 Å². The third-order valence-electron chi connectivity index (χ3n) is 8.04. The molecular formula is C35H34N2O4S2. The summed E-state index contributed by atoms with van der Waals surface area (Å²) in [5, 5.41) is 0.738. The number of Topliss-reactive ketones (excluding diaryl/α,β-unsaturated/α-hetero) is 1. The van der Waals surface area contributed by atoms with Crippen molar-refractivity contribution in [2.75, 3.05) is 14.2 Å². The van der Waals surface area contributed by atoms with Crippen molar-refractivity contribution in [3.8, 4) is 11.5 Å². The van der Waals surface area contributed by atoms with Gasteiger partial charge in [0.1, 0.15) is 10.1 Å². The number of hydrogen-bond acceptors (Lipinski definition) is 7. The molecule has 43 heavy (non-hydrogen) atoms. The fraction of sp³-hybridized carbons (Fsp3) is 0.286. The molecular weight excluding hydrogens is 577 g/mol. The summed E-state index contributed by atoms with van der Waals surface area (Å²) in [5.74, 6) is 1.30. The van der Waals surface area contributed by atoms with Crippen molar-refractivity contribution < 1.29 is 14.3 Å². The lowest BCUT2D eigenvalue weighted by Crippen LogP contribution is -2.25. The molecule has 2 aromatic heterocycles. The molecule has 220 valence electrons. The summed E-state index contributed by atoms with van der Waals surface area (Å²) in [4.78, 5) is 35.4. The van der Waals surface area contributed by atoms with E-state index in [-0.39, 0.29) is 11.3 Å². The summed E-state index contributed by atoms with van der Waals surface area (Å²) >= 11 is 2.99. The average molecular weight is 611 g/mol. The minimum absolute atomic E-state index is 0.0108. The Balaban J connectivity index is 1.44. The zero-order chi connectivity index (χ0) is 30.1. The molecule has 0 aliphatic heterocycles. The number of ketones is 1. The minimum atomic E-state index is -0.563. The van der Waals surface area contributed by atoms with Gasteiger partial charge in [-0.25, -0.2) is 4.98 Å². The van der Waals surface area contributed by atoms with Crippen LogP contribution in [0.1, 0.15) is 54.7 Å². The Kier molecular flexibility index (Phi) is 8.41. The van der Waals surface area contributed by atoms with E-state index in [1.807, 2.05) is 80.6 Å². The van der Waals surface area contributed by atoms with Crippen LogP contribution in [0.15, 0.2) is 76.7 Å². The lowest BCUT2D eigenvalue weighted by atomic mass is 10.0. The highest BCUT2D eigenvalue weighted by atomic mass is 32.2. The van der Waals surface area contributed by atoms with E-state index in [2.05, 4.69) is 0 Å². The fourth-order valence-electron chi connectivity index (χ4n) is 5.61. The van der Waals surface area contributed by atoms with Gasteiger partial charge in [-0.05, 0) is 68.4 Å². The minimum Gasteiger partial charge on any atom is -0.493 e. The van der Waals surface area contributed by atoms with Crippen LogP contribution in [0.4, 0.5) is 0 Å². The molecule has 6 nitrogen and oxygen atoms in total. The number of carbonyl (C=O) groups excluding carboxylic acids is 1. The summed E-state index contributed by atoms with van der Waals surface area (Å²) in [6, 6.07) is 21.5. The molecule has 0 fully saturated rings. The number of hydrogen-bond donors (Lipinski definition) is 0. The van der Waals surface area contributed by atoms with Gasteiger partial charge in [-0.1, -0.05) is 77.5 Å². The van der Waals surface area contributed by atoms with Crippen LogP contribution < -0.4 is 15.0 Å². The monoisotopic (exact) mass is 610 g/mol. The molecule has 0 saturated carbocycles. The first kappa shape index (κ1) is 29.2. The van der Waals surface area contributed by atoms with Gasteiger partial charge in [-0.2, -0.15) is 0 Å². The third-order valence-corrected chi connectivity index (χ3v) is 10.5. The van der Waals surface area contributed by atoms with Crippen molar-refractivity contribution in [1.29, 1.82) is 0 Å². The molecule has 0 spiro atoms. The molecule has 5 aromatic rings. The predicted octanol–water partition coefficient (Wildman–Crippen LogP) is 7.54. The number of carbonyl (C=O) groups is 1. The van der Waals surface area contributed by atoms with Crippen LogP contribution in [0.25, 0.3) is 10.2 Å². The second-order valence-corrected chi connectivity index (χ2v) is 13.1. The number of benzene rings is 3. The molecule has 1 aliphatic rings. The molecule has 6 rings (SSSR count). The van der Waals surface area contributed by atoms with Crippen molar-refractivity contribution in [2.45, 2.75) is 56.5 Å². The Bertz CT molecular complexity index is 1860. The summed E-state index contributed by atoms with van der Waals surface area (Å²) in [6.45, 7) is 4.46. The highest BCUT2D eigenvalue weighted by molar-refractivity contribution is 8.00. The highest BCUT2D eigenvalue weighted by Gasteiger charge is 2.28. The summed E-state index contributed by atoms with van der Waals surface area (Å²) in [7, 11) is 3.23. The van der Waals surface area contributed by atoms with E-state index in [1.54, 1.807) is 30.1 Å². The molecule has 8 heteroatoms. The largest absolute Gasteiger partial charge is 0.493 e. The van der Waals surface area contributed by atoms with Gasteiger partial charge in [0.15, 0.2) is 22.4 Å². The third kappa shape index (κ3) is 5.86. The quantitative estimate of drug-likeness (QED) is 0.0925. The highest BCUT2D eigenvalue weighted by Crippen LogP contribution is 2.40. The molecule has 0 amide bonds. The van der Waals surface area contributed by atoms with Crippen molar-refractivity contribution in [3.63, 3.8) is 0 Å². The first-order chi connectivity index (χ1) is 20.9. The van der Waals surface area contributed by atoms with Gasteiger partial charge in [0.05, 0.1) is 19.6 Å². The van der Waals surface area contributed by atoms with Gasteiger partial charge >= 0.3 is 0 Å². The lowest BCUT2D eigenvalue weighted by molar-refractivity contribution is 0.0989. The Labute approximate surface area is 259 Å². The van der Waals surface area contributed by atoms with Crippen LogP contribution in [0, 0.1) is 13.8 Å². The van der Waals surface area contributed by atoms with Crippen LogP contribution in [0.3, 0.4) is 0 Å². The Hall–Kier alpha value is -3.88. The maximum Gasteiger partial charge on any atom is 0.263 e. The Morgan fingerprint density at radius 3 is 2.35 bits per heavy atom. The molecule has 1 atom stereocenters. The van der Waals surface area contributed by atoms with E-state index < -0.39 is 5.25 Å². The number of aryl methyl sites for hydroxylation is 5. The first-order valence-corrected chi connectivity index (χ1v) is 16.2.